The Hall–Kier alpha value is -8.09. The van der Waals surface area contributed by atoms with Crippen LogP contribution in [-0.2, 0) is 0 Å². The van der Waals surface area contributed by atoms with Crippen LogP contribution < -0.4 is 0 Å². The highest BCUT2D eigenvalue weighted by atomic mass is 16.3. The highest BCUT2D eigenvalue weighted by molar-refractivity contribution is 6.15. The van der Waals surface area contributed by atoms with E-state index in [1.165, 1.54) is 21.5 Å². The second kappa shape index (κ2) is 12.2. The lowest BCUT2D eigenvalue weighted by Gasteiger charge is -2.15. The SMILES string of the molecule is c1ccc2cc(-c3nc(-c4ccc5c(c4)oc4ccccc45)nc(-c4cc5oc6ccccc6c5cc4-n4c5ccccc5c5cc6ccccc6cc54)n3)ccc2c1. The summed E-state index contributed by atoms with van der Waals surface area (Å²) in [6, 6.07) is 63.4. The summed E-state index contributed by atoms with van der Waals surface area (Å²) < 4.78 is 15.3. The Balaban J connectivity index is 1.13. The van der Waals surface area contributed by atoms with Crippen molar-refractivity contribution >= 4 is 87.2 Å². The molecule has 9 aromatic carbocycles. The first-order chi connectivity index (χ1) is 29.2. The molecule has 0 aliphatic heterocycles. The van der Waals surface area contributed by atoms with Crippen molar-refractivity contribution in [2.75, 3.05) is 0 Å². The largest absolute Gasteiger partial charge is 0.456 e. The summed E-state index contributed by atoms with van der Waals surface area (Å²) >= 11 is 0. The first-order valence-corrected chi connectivity index (χ1v) is 19.8. The van der Waals surface area contributed by atoms with Crippen molar-refractivity contribution in [1.82, 2.24) is 19.5 Å². The molecule has 59 heavy (non-hydrogen) atoms. The average molecular weight is 755 g/mol. The zero-order valence-electron chi connectivity index (χ0n) is 31.4. The molecule has 0 N–H and O–H groups in total. The number of furan rings is 2. The zero-order valence-corrected chi connectivity index (χ0v) is 31.4. The molecule has 0 aliphatic carbocycles. The van der Waals surface area contributed by atoms with Crippen molar-refractivity contribution in [2.45, 2.75) is 0 Å². The van der Waals surface area contributed by atoms with Gasteiger partial charge in [-0.1, -0.05) is 121 Å². The molecule has 0 saturated heterocycles. The quantitative estimate of drug-likeness (QED) is 0.179. The van der Waals surface area contributed by atoms with E-state index in [2.05, 4.69) is 150 Å². The molecule has 6 heteroatoms. The minimum atomic E-state index is 0.534. The Kier molecular flexibility index (Phi) is 6.63. The molecule has 13 rings (SSSR count). The summed E-state index contributed by atoms with van der Waals surface area (Å²) in [5.74, 6) is 1.65. The Morgan fingerprint density at radius 1 is 0.322 bits per heavy atom. The summed E-state index contributed by atoms with van der Waals surface area (Å²) in [5.41, 5.74) is 8.88. The molecular weight excluding hydrogens is 725 g/mol. The predicted octanol–water partition coefficient (Wildman–Crippen LogP) is 14.1. The fourth-order valence-electron chi connectivity index (χ4n) is 8.99. The van der Waals surface area contributed by atoms with Gasteiger partial charge in [0.2, 0.25) is 0 Å². The molecule has 0 atom stereocenters. The van der Waals surface area contributed by atoms with Crippen LogP contribution >= 0.6 is 0 Å². The summed E-state index contributed by atoms with van der Waals surface area (Å²) in [6.07, 6.45) is 0. The molecule has 0 unspecified atom stereocenters. The van der Waals surface area contributed by atoms with Crippen LogP contribution in [0.2, 0.25) is 0 Å². The van der Waals surface area contributed by atoms with E-state index < -0.39 is 0 Å². The molecule has 0 radical (unpaired) electrons. The molecule has 4 heterocycles. The number of nitrogens with zero attached hydrogens (tertiary/aromatic N) is 4. The number of hydrogen-bond donors (Lipinski definition) is 0. The minimum absolute atomic E-state index is 0.534. The van der Waals surface area contributed by atoms with Crippen molar-refractivity contribution in [3.8, 4) is 39.9 Å². The van der Waals surface area contributed by atoms with Crippen LogP contribution in [0.4, 0.5) is 0 Å². The summed E-state index contributed by atoms with van der Waals surface area (Å²) in [6.45, 7) is 0. The molecule has 274 valence electrons. The molecule has 0 aliphatic rings. The number of benzene rings is 9. The van der Waals surface area contributed by atoms with E-state index in [9.17, 15) is 0 Å². The van der Waals surface area contributed by atoms with Gasteiger partial charge in [-0.05, 0) is 82.2 Å². The molecule has 0 spiro atoms. The smallest absolute Gasteiger partial charge is 0.166 e. The van der Waals surface area contributed by atoms with Crippen molar-refractivity contribution < 1.29 is 8.83 Å². The third-order valence-electron chi connectivity index (χ3n) is 11.8. The van der Waals surface area contributed by atoms with Gasteiger partial charge in [0.15, 0.2) is 17.5 Å². The van der Waals surface area contributed by atoms with E-state index in [1.54, 1.807) is 0 Å². The molecule has 0 saturated carbocycles. The van der Waals surface area contributed by atoms with Gasteiger partial charge in [-0.3, -0.25) is 0 Å². The van der Waals surface area contributed by atoms with E-state index in [0.29, 0.717) is 17.5 Å². The Bertz CT molecular complexity index is 3870. The van der Waals surface area contributed by atoms with Gasteiger partial charge in [0.1, 0.15) is 22.3 Å². The number of aromatic nitrogens is 4. The van der Waals surface area contributed by atoms with Crippen molar-refractivity contribution in [3.63, 3.8) is 0 Å². The van der Waals surface area contributed by atoms with E-state index in [4.69, 9.17) is 23.8 Å². The average Bonchev–Trinajstić information content (AvgIpc) is 3.96. The Morgan fingerprint density at radius 2 is 0.864 bits per heavy atom. The maximum absolute atomic E-state index is 6.58. The topological polar surface area (TPSA) is 69.9 Å². The molecule has 6 nitrogen and oxygen atoms in total. The normalized spacial score (nSPS) is 12.1. The maximum atomic E-state index is 6.58. The van der Waals surface area contributed by atoms with Crippen molar-refractivity contribution in [3.05, 3.63) is 182 Å². The van der Waals surface area contributed by atoms with Crippen LogP contribution in [0.15, 0.2) is 191 Å². The summed E-state index contributed by atoms with van der Waals surface area (Å²) in [4.78, 5) is 15.9. The molecule has 0 amide bonds. The monoisotopic (exact) mass is 754 g/mol. The number of fused-ring (bicyclic) bond motifs is 11. The number of rotatable bonds is 4. The summed E-state index contributed by atoms with van der Waals surface area (Å²) in [7, 11) is 0. The second-order valence-corrected chi connectivity index (χ2v) is 15.2. The highest BCUT2D eigenvalue weighted by Crippen LogP contribution is 2.42. The Labute approximate surface area is 336 Å². The zero-order chi connectivity index (χ0) is 38.6. The first kappa shape index (κ1) is 32.0. The number of para-hydroxylation sites is 3. The molecule has 13 aromatic rings. The van der Waals surface area contributed by atoms with Crippen LogP contribution in [0.25, 0.3) is 127 Å². The standard InChI is InChI=1S/C53H30N4O2/c1-2-12-32-25-35(22-21-31(32)11-1)51-54-52(36-23-24-40-38-16-6-9-19-47(38)58-49(40)28-36)56-53(55-51)43-30-50-42(39-17-7-10-20-48(39)59-50)29-46(43)57-44-18-8-5-15-37(44)41-26-33-13-3-4-14-34(33)27-45(41)57/h1-30H. The van der Waals surface area contributed by atoms with Gasteiger partial charge in [0.05, 0.1) is 16.7 Å². The lowest BCUT2D eigenvalue weighted by atomic mass is 10.0. The number of hydrogen-bond acceptors (Lipinski definition) is 5. The molecule has 0 fully saturated rings. The van der Waals surface area contributed by atoms with E-state index >= 15 is 0 Å². The third kappa shape index (κ3) is 4.90. The Morgan fingerprint density at radius 3 is 1.63 bits per heavy atom. The van der Waals surface area contributed by atoms with Gasteiger partial charge >= 0.3 is 0 Å². The lowest BCUT2D eigenvalue weighted by molar-refractivity contribution is 0.668. The molecule has 4 aromatic heterocycles. The van der Waals surface area contributed by atoms with Gasteiger partial charge in [0, 0.05) is 49.0 Å². The molecular formula is C53H30N4O2. The van der Waals surface area contributed by atoms with Crippen LogP contribution in [0, 0.1) is 0 Å². The van der Waals surface area contributed by atoms with Crippen LogP contribution in [-0.4, -0.2) is 19.5 Å². The third-order valence-corrected chi connectivity index (χ3v) is 11.8. The van der Waals surface area contributed by atoms with E-state index in [1.807, 2.05) is 36.4 Å². The van der Waals surface area contributed by atoms with Crippen LogP contribution in [0.1, 0.15) is 0 Å². The van der Waals surface area contributed by atoms with Gasteiger partial charge in [0.25, 0.3) is 0 Å². The van der Waals surface area contributed by atoms with Crippen LogP contribution in [0.3, 0.4) is 0 Å². The van der Waals surface area contributed by atoms with Crippen molar-refractivity contribution in [1.29, 1.82) is 0 Å². The first-order valence-electron chi connectivity index (χ1n) is 19.8. The van der Waals surface area contributed by atoms with Gasteiger partial charge < -0.3 is 13.4 Å². The maximum Gasteiger partial charge on any atom is 0.166 e. The highest BCUT2D eigenvalue weighted by Gasteiger charge is 2.23. The van der Waals surface area contributed by atoms with Crippen LogP contribution in [0.5, 0.6) is 0 Å². The fourth-order valence-corrected chi connectivity index (χ4v) is 8.99. The van der Waals surface area contributed by atoms with Gasteiger partial charge in [-0.15, -0.1) is 0 Å². The minimum Gasteiger partial charge on any atom is -0.456 e. The van der Waals surface area contributed by atoms with E-state index in [0.717, 1.165) is 88.1 Å². The van der Waals surface area contributed by atoms with Gasteiger partial charge in [-0.2, -0.15) is 0 Å². The van der Waals surface area contributed by atoms with Gasteiger partial charge in [-0.25, -0.2) is 15.0 Å². The predicted molar refractivity (Wildman–Crippen MR) is 240 cm³/mol. The second-order valence-electron chi connectivity index (χ2n) is 15.2. The molecule has 0 bridgehead atoms. The summed E-state index contributed by atoms with van der Waals surface area (Å²) in [5, 5.41) is 11.2. The lowest BCUT2D eigenvalue weighted by Crippen LogP contribution is -2.04. The van der Waals surface area contributed by atoms with Crippen molar-refractivity contribution in [2.24, 2.45) is 0 Å². The fraction of sp³-hybridized carbons (Fsp3) is 0. The van der Waals surface area contributed by atoms with E-state index in [-0.39, 0.29) is 0 Å².